The predicted octanol–water partition coefficient (Wildman–Crippen LogP) is 4.39. The fourth-order valence-electron chi connectivity index (χ4n) is 6.42. The molecule has 3 aromatic carbocycles. The fraction of sp³-hybridized carbons (Fsp3) is 0.400. The molecule has 3 heterocycles. The molecule has 0 saturated carbocycles. The van der Waals surface area contributed by atoms with E-state index in [1.807, 2.05) is 65.2 Å². The Morgan fingerprint density at radius 2 is 1.79 bits per heavy atom. The number of aliphatic hydroxyl groups excluding tert-OH is 1. The van der Waals surface area contributed by atoms with Crippen LogP contribution in [0.15, 0.2) is 77.6 Å². The van der Waals surface area contributed by atoms with Crippen molar-refractivity contribution in [2.45, 2.75) is 57.3 Å². The molecule has 3 atom stereocenters. The molecular weight excluding hydrogens is 602 g/mol. The minimum absolute atomic E-state index is 0.0338. The lowest BCUT2D eigenvalue weighted by Crippen LogP contribution is -2.43. The zero-order valence-electron chi connectivity index (χ0n) is 26.4. The molecule has 248 valence electrons. The Kier molecular flexibility index (Phi) is 10.3. The summed E-state index contributed by atoms with van der Waals surface area (Å²) in [6.45, 7) is 4.04. The monoisotopic (exact) mass is 643 g/mol. The number of aromatic nitrogens is 2. The van der Waals surface area contributed by atoms with Crippen molar-refractivity contribution in [3.05, 3.63) is 100.0 Å². The van der Waals surface area contributed by atoms with Gasteiger partial charge in [0.25, 0.3) is 0 Å². The van der Waals surface area contributed by atoms with E-state index in [0.717, 1.165) is 53.7 Å². The van der Waals surface area contributed by atoms with E-state index in [1.165, 1.54) is 0 Å². The van der Waals surface area contributed by atoms with Crippen molar-refractivity contribution in [2.24, 2.45) is 0 Å². The number of piperidine rings is 1. The van der Waals surface area contributed by atoms with Crippen molar-refractivity contribution >= 4 is 28.7 Å². The Labute approximate surface area is 272 Å². The number of imidazole rings is 1. The Morgan fingerprint density at radius 1 is 1.00 bits per heavy atom. The summed E-state index contributed by atoms with van der Waals surface area (Å²) in [7, 11) is 0. The summed E-state index contributed by atoms with van der Waals surface area (Å²) in [6, 6.07) is 22.4. The summed E-state index contributed by atoms with van der Waals surface area (Å²) in [5.74, 6) is -0.513. The van der Waals surface area contributed by atoms with E-state index in [1.54, 1.807) is 19.1 Å². The van der Waals surface area contributed by atoms with E-state index >= 15 is 0 Å². The maximum atomic E-state index is 12.8. The molecule has 6 rings (SSSR count). The van der Waals surface area contributed by atoms with Crippen LogP contribution in [-0.4, -0.2) is 70.4 Å². The molecule has 4 N–H and O–H groups in total. The Morgan fingerprint density at radius 3 is 2.55 bits per heavy atom. The summed E-state index contributed by atoms with van der Waals surface area (Å²) in [4.78, 5) is 42.2. The summed E-state index contributed by atoms with van der Waals surface area (Å²) in [6.07, 6.45) is 1.26. The van der Waals surface area contributed by atoms with Crippen molar-refractivity contribution in [1.29, 1.82) is 0 Å². The van der Waals surface area contributed by atoms with Gasteiger partial charge >= 0.3 is 17.7 Å². The maximum Gasteiger partial charge on any atom is 0.326 e. The molecule has 0 spiro atoms. The van der Waals surface area contributed by atoms with Crippen LogP contribution in [0, 0.1) is 0 Å². The normalized spacial score (nSPS) is 20.6. The molecule has 2 aliphatic heterocycles. The number of H-pyrrole nitrogens is 1. The standard InChI is InChI=1S/C35H41N5O7/c1-2-45-32(42)20-36-34(43)37-26-7-5-6-25(18-26)33-46-28(19-31(47-33)24-12-10-23(22-41)11-13-24)21-39-16-14-27(15-17-39)40-30-9-4-3-8-29(30)38-35(40)44/h3-13,18,27-28,31,33,41H,2,14-17,19-22H2,1H3,(H,38,44)(H2,36,37,43)/t28-,31+,33+/m0/s1. The predicted molar refractivity (Wildman–Crippen MR) is 176 cm³/mol. The molecule has 0 bridgehead atoms. The van der Waals surface area contributed by atoms with Crippen LogP contribution in [0.5, 0.6) is 0 Å². The highest BCUT2D eigenvalue weighted by molar-refractivity contribution is 5.91. The number of carbonyl (C=O) groups is 2. The number of ether oxygens (including phenoxy) is 3. The molecule has 2 fully saturated rings. The van der Waals surface area contributed by atoms with Crippen LogP contribution in [-0.2, 0) is 25.6 Å². The SMILES string of the molecule is CCOC(=O)CNC(=O)Nc1cccc([C@@H]2O[C@H](CN3CCC(n4c(=O)[nH]c5ccccc54)CC3)C[C@H](c3ccc(CO)cc3)O2)c1. The maximum absolute atomic E-state index is 12.8. The number of nitrogens with one attached hydrogen (secondary N) is 3. The lowest BCUT2D eigenvalue weighted by molar-refractivity contribution is -0.253. The van der Waals surface area contributed by atoms with Gasteiger partial charge < -0.3 is 39.8 Å². The number of rotatable bonds is 10. The van der Waals surface area contributed by atoms with E-state index in [9.17, 15) is 19.5 Å². The first-order valence-corrected chi connectivity index (χ1v) is 16.1. The quantitative estimate of drug-likeness (QED) is 0.186. The number of hydrogen-bond acceptors (Lipinski definition) is 8. The number of carbonyl (C=O) groups excluding carboxylic acids is 2. The molecule has 2 aliphatic rings. The molecule has 4 aromatic rings. The average molecular weight is 644 g/mol. The van der Waals surface area contributed by atoms with Gasteiger partial charge in [0, 0.05) is 43.3 Å². The van der Waals surface area contributed by atoms with Crippen molar-refractivity contribution in [3.8, 4) is 0 Å². The van der Waals surface area contributed by atoms with Crippen LogP contribution in [0.1, 0.15) is 61.3 Å². The zero-order chi connectivity index (χ0) is 32.8. The molecule has 0 radical (unpaired) electrons. The van der Waals surface area contributed by atoms with Gasteiger partial charge in [-0.3, -0.25) is 9.36 Å². The topological polar surface area (TPSA) is 147 Å². The van der Waals surface area contributed by atoms with E-state index in [2.05, 4.69) is 20.5 Å². The number of nitrogens with zero attached hydrogens (tertiary/aromatic N) is 2. The molecular formula is C35H41N5O7. The summed E-state index contributed by atoms with van der Waals surface area (Å²) in [5.41, 5.74) is 4.81. The number of para-hydroxylation sites is 2. The number of aliphatic hydroxyl groups is 1. The Hall–Kier alpha value is -4.49. The molecule has 0 aliphatic carbocycles. The number of anilines is 1. The van der Waals surface area contributed by atoms with Crippen molar-refractivity contribution in [2.75, 3.05) is 38.1 Å². The number of benzene rings is 3. The van der Waals surface area contributed by atoms with Crippen LogP contribution in [0.25, 0.3) is 11.0 Å². The first-order chi connectivity index (χ1) is 22.9. The van der Waals surface area contributed by atoms with Crippen LogP contribution >= 0.6 is 0 Å². The first kappa shape index (κ1) is 32.5. The third-order valence-corrected chi connectivity index (χ3v) is 8.74. The smallest absolute Gasteiger partial charge is 0.326 e. The lowest BCUT2D eigenvalue weighted by Gasteiger charge is -2.40. The van der Waals surface area contributed by atoms with Gasteiger partial charge in [-0.1, -0.05) is 48.5 Å². The molecule has 47 heavy (non-hydrogen) atoms. The van der Waals surface area contributed by atoms with Gasteiger partial charge in [0.1, 0.15) is 6.54 Å². The van der Waals surface area contributed by atoms with E-state index < -0.39 is 18.3 Å². The van der Waals surface area contributed by atoms with Crippen molar-refractivity contribution < 1.29 is 28.9 Å². The molecule has 2 amide bonds. The van der Waals surface area contributed by atoms with E-state index in [4.69, 9.17) is 14.2 Å². The molecule has 0 unspecified atom stereocenters. The highest BCUT2D eigenvalue weighted by atomic mass is 16.7. The lowest BCUT2D eigenvalue weighted by atomic mass is 9.98. The van der Waals surface area contributed by atoms with Crippen molar-refractivity contribution in [1.82, 2.24) is 19.8 Å². The summed E-state index contributed by atoms with van der Waals surface area (Å²) >= 11 is 0. The number of amides is 2. The van der Waals surface area contributed by atoms with Crippen molar-refractivity contribution in [3.63, 3.8) is 0 Å². The van der Waals surface area contributed by atoms with Gasteiger partial charge in [-0.25, -0.2) is 9.59 Å². The minimum Gasteiger partial charge on any atom is -0.465 e. The number of fused-ring (bicyclic) bond motifs is 1. The number of likely N-dealkylation sites (tertiary alicyclic amines) is 1. The molecule has 12 nitrogen and oxygen atoms in total. The highest BCUT2D eigenvalue weighted by Crippen LogP contribution is 2.39. The van der Waals surface area contributed by atoms with E-state index in [0.29, 0.717) is 18.7 Å². The van der Waals surface area contributed by atoms with E-state index in [-0.39, 0.29) is 43.7 Å². The second kappa shape index (κ2) is 14.9. The fourth-order valence-corrected chi connectivity index (χ4v) is 6.42. The third kappa shape index (κ3) is 7.91. The second-order valence-corrected chi connectivity index (χ2v) is 11.9. The number of aromatic amines is 1. The number of hydrogen-bond donors (Lipinski definition) is 4. The van der Waals surface area contributed by atoms with Gasteiger partial charge in [0.05, 0.1) is 36.5 Å². The highest BCUT2D eigenvalue weighted by Gasteiger charge is 2.34. The molecule has 1 aromatic heterocycles. The van der Waals surface area contributed by atoms with Crippen LogP contribution in [0.2, 0.25) is 0 Å². The molecule has 2 saturated heterocycles. The van der Waals surface area contributed by atoms with Crippen LogP contribution in [0.4, 0.5) is 10.5 Å². The van der Waals surface area contributed by atoms with Gasteiger partial charge in [-0.05, 0) is 55.2 Å². The summed E-state index contributed by atoms with van der Waals surface area (Å²) in [5, 5.41) is 14.8. The minimum atomic E-state index is -0.692. The third-order valence-electron chi connectivity index (χ3n) is 8.74. The van der Waals surface area contributed by atoms with Gasteiger partial charge in [-0.2, -0.15) is 0 Å². The summed E-state index contributed by atoms with van der Waals surface area (Å²) < 4.78 is 19.8. The van der Waals surface area contributed by atoms with Crippen LogP contribution in [0.3, 0.4) is 0 Å². The van der Waals surface area contributed by atoms with Gasteiger partial charge in [-0.15, -0.1) is 0 Å². The average Bonchev–Trinajstić information content (AvgIpc) is 3.43. The molecule has 12 heteroatoms. The second-order valence-electron chi connectivity index (χ2n) is 11.9. The Bertz CT molecular complexity index is 1730. The van der Waals surface area contributed by atoms with Gasteiger partial charge in [0.15, 0.2) is 6.29 Å². The zero-order valence-corrected chi connectivity index (χ0v) is 26.4. The largest absolute Gasteiger partial charge is 0.465 e. The van der Waals surface area contributed by atoms with Crippen LogP contribution < -0.4 is 16.3 Å². The Balaban J connectivity index is 1.14. The number of urea groups is 1. The van der Waals surface area contributed by atoms with Gasteiger partial charge in [0.2, 0.25) is 0 Å². The number of esters is 1. The first-order valence-electron chi connectivity index (χ1n) is 16.1.